The third kappa shape index (κ3) is 4.30. The standard InChI is InChI=1S/C14H16N2O2S/c15-12-3-1-2-4-13(12)18-7-5-14(17)16-9-11-6-8-19-10-11/h1-4,6,8,10H,5,7,9,15H2,(H,16,17). The summed E-state index contributed by atoms with van der Waals surface area (Å²) in [6, 6.07) is 9.24. The number of benzene rings is 1. The van der Waals surface area contributed by atoms with E-state index in [0.29, 0.717) is 31.0 Å². The molecule has 0 saturated heterocycles. The molecule has 2 rings (SSSR count). The molecule has 0 bridgehead atoms. The van der Waals surface area contributed by atoms with Crippen molar-refractivity contribution in [2.24, 2.45) is 0 Å². The Morgan fingerprint density at radius 1 is 1.32 bits per heavy atom. The highest BCUT2D eigenvalue weighted by molar-refractivity contribution is 7.07. The number of ether oxygens (including phenoxy) is 1. The van der Waals surface area contributed by atoms with Crippen LogP contribution in [0.25, 0.3) is 0 Å². The fourth-order valence-electron chi connectivity index (χ4n) is 1.55. The largest absolute Gasteiger partial charge is 0.491 e. The number of carbonyl (C=O) groups is 1. The number of rotatable bonds is 6. The third-order valence-electron chi connectivity index (χ3n) is 2.58. The first-order valence-corrected chi connectivity index (χ1v) is 6.95. The first kappa shape index (κ1) is 13.4. The van der Waals surface area contributed by atoms with Gasteiger partial charge < -0.3 is 15.8 Å². The van der Waals surface area contributed by atoms with Gasteiger partial charge in [0.25, 0.3) is 0 Å². The lowest BCUT2D eigenvalue weighted by molar-refractivity contribution is -0.121. The fourth-order valence-corrected chi connectivity index (χ4v) is 2.22. The van der Waals surface area contributed by atoms with Crippen LogP contribution in [-0.2, 0) is 11.3 Å². The molecular formula is C14H16N2O2S. The SMILES string of the molecule is Nc1ccccc1OCCC(=O)NCc1ccsc1. The van der Waals surface area contributed by atoms with Crippen LogP contribution in [0.4, 0.5) is 5.69 Å². The summed E-state index contributed by atoms with van der Waals surface area (Å²) < 4.78 is 5.46. The van der Waals surface area contributed by atoms with Crippen LogP contribution in [0.2, 0.25) is 0 Å². The molecule has 0 unspecified atom stereocenters. The molecule has 5 heteroatoms. The highest BCUT2D eigenvalue weighted by atomic mass is 32.1. The van der Waals surface area contributed by atoms with Crippen molar-refractivity contribution in [3.8, 4) is 5.75 Å². The van der Waals surface area contributed by atoms with Crippen molar-refractivity contribution in [2.75, 3.05) is 12.3 Å². The topological polar surface area (TPSA) is 64.3 Å². The number of hydrogen-bond acceptors (Lipinski definition) is 4. The molecule has 0 spiro atoms. The van der Waals surface area contributed by atoms with Crippen molar-refractivity contribution in [1.82, 2.24) is 5.32 Å². The lowest BCUT2D eigenvalue weighted by atomic mass is 10.3. The third-order valence-corrected chi connectivity index (χ3v) is 3.31. The number of para-hydroxylation sites is 2. The highest BCUT2D eigenvalue weighted by Gasteiger charge is 2.03. The number of carbonyl (C=O) groups excluding carboxylic acids is 1. The van der Waals surface area contributed by atoms with Gasteiger partial charge in [-0.05, 0) is 34.5 Å². The Morgan fingerprint density at radius 3 is 2.89 bits per heavy atom. The van der Waals surface area contributed by atoms with Gasteiger partial charge in [0.15, 0.2) is 0 Å². The Bertz CT molecular complexity index is 526. The zero-order chi connectivity index (χ0) is 13.5. The van der Waals surface area contributed by atoms with Crippen LogP contribution in [0, 0.1) is 0 Å². The number of nitrogen functional groups attached to an aromatic ring is 1. The molecule has 0 fully saturated rings. The van der Waals surface area contributed by atoms with Crippen molar-refractivity contribution in [1.29, 1.82) is 0 Å². The van der Waals surface area contributed by atoms with E-state index >= 15 is 0 Å². The van der Waals surface area contributed by atoms with E-state index in [9.17, 15) is 4.79 Å². The van der Waals surface area contributed by atoms with E-state index < -0.39 is 0 Å². The van der Waals surface area contributed by atoms with Crippen LogP contribution in [0.3, 0.4) is 0 Å². The van der Waals surface area contributed by atoms with E-state index in [1.807, 2.05) is 29.0 Å². The second-order valence-corrected chi connectivity index (χ2v) is 4.82. The second kappa shape index (κ2) is 6.80. The van der Waals surface area contributed by atoms with Gasteiger partial charge in [0.05, 0.1) is 18.7 Å². The Kier molecular flexibility index (Phi) is 4.80. The molecule has 0 aliphatic heterocycles. The van der Waals surface area contributed by atoms with Gasteiger partial charge in [-0.1, -0.05) is 12.1 Å². The minimum atomic E-state index is -0.0271. The smallest absolute Gasteiger partial charge is 0.223 e. The number of nitrogens with two attached hydrogens (primary N) is 1. The zero-order valence-corrected chi connectivity index (χ0v) is 11.3. The van der Waals surface area contributed by atoms with Gasteiger partial charge in [-0.2, -0.15) is 11.3 Å². The van der Waals surface area contributed by atoms with Gasteiger partial charge in [-0.15, -0.1) is 0 Å². The van der Waals surface area contributed by atoms with Crippen LogP contribution >= 0.6 is 11.3 Å². The summed E-state index contributed by atoms with van der Waals surface area (Å²) in [5, 5.41) is 6.85. The van der Waals surface area contributed by atoms with Crippen LogP contribution in [0.15, 0.2) is 41.1 Å². The number of thiophene rings is 1. The first-order valence-electron chi connectivity index (χ1n) is 6.01. The molecule has 0 atom stereocenters. The van der Waals surface area contributed by atoms with Gasteiger partial charge in [-0.25, -0.2) is 0 Å². The number of hydrogen-bond donors (Lipinski definition) is 2. The van der Waals surface area contributed by atoms with E-state index in [2.05, 4.69) is 5.32 Å². The van der Waals surface area contributed by atoms with E-state index in [1.54, 1.807) is 23.5 Å². The lowest BCUT2D eigenvalue weighted by Crippen LogP contribution is -2.24. The zero-order valence-electron chi connectivity index (χ0n) is 10.5. The average Bonchev–Trinajstić information content (AvgIpc) is 2.92. The lowest BCUT2D eigenvalue weighted by Gasteiger charge is -2.08. The molecular weight excluding hydrogens is 260 g/mol. The predicted octanol–water partition coefficient (Wildman–Crippen LogP) is 2.42. The number of anilines is 1. The molecule has 1 aromatic carbocycles. The highest BCUT2D eigenvalue weighted by Crippen LogP contribution is 2.19. The van der Waals surface area contributed by atoms with Crippen molar-refractivity contribution in [3.05, 3.63) is 46.7 Å². The Hall–Kier alpha value is -2.01. The van der Waals surface area contributed by atoms with Crippen LogP contribution in [-0.4, -0.2) is 12.5 Å². The van der Waals surface area contributed by atoms with Gasteiger partial charge in [-0.3, -0.25) is 4.79 Å². The molecule has 3 N–H and O–H groups in total. The summed E-state index contributed by atoms with van der Waals surface area (Å²) >= 11 is 1.62. The molecule has 1 aromatic heterocycles. The Labute approximate surface area is 116 Å². The van der Waals surface area contributed by atoms with Gasteiger partial charge in [0.1, 0.15) is 5.75 Å². The molecule has 0 aliphatic carbocycles. The van der Waals surface area contributed by atoms with E-state index in [0.717, 1.165) is 5.56 Å². The maximum atomic E-state index is 11.6. The van der Waals surface area contributed by atoms with E-state index in [1.165, 1.54) is 0 Å². The van der Waals surface area contributed by atoms with Crippen molar-refractivity contribution in [3.63, 3.8) is 0 Å². The Morgan fingerprint density at radius 2 is 2.16 bits per heavy atom. The van der Waals surface area contributed by atoms with Gasteiger partial charge in [0, 0.05) is 6.54 Å². The molecule has 0 saturated carbocycles. The molecule has 100 valence electrons. The quantitative estimate of drug-likeness (QED) is 0.796. The average molecular weight is 276 g/mol. The second-order valence-electron chi connectivity index (χ2n) is 4.04. The Balaban J connectivity index is 1.68. The summed E-state index contributed by atoms with van der Waals surface area (Å²) in [6.07, 6.45) is 0.318. The van der Waals surface area contributed by atoms with Crippen molar-refractivity contribution >= 4 is 22.9 Å². The molecule has 1 heterocycles. The summed E-state index contributed by atoms with van der Waals surface area (Å²) in [5.41, 5.74) is 7.44. The number of amides is 1. The van der Waals surface area contributed by atoms with Gasteiger partial charge >= 0.3 is 0 Å². The number of nitrogens with one attached hydrogen (secondary N) is 1. The van der Waals surface area contributed by atoms with Gasteiger partial charge in [0.2, 0.25) is 5.91 Å². The minimum Gasteiger partial charge on any atom is -0.491 e. The monoisotopic (exact) mass is 276 g/mol. The molecule has 19 heavy (non-hydrogen) atoms. The molecule has 0 aliphatic rings. The summed E-state index contributed by atoms with van der Waals surface area (Å²) in [5.74, 6) is 0.592. The molecule has 2 aromatic rings. The van der Waals surface area contributed by atoms with Crippen LogP contribution < -0.4 is 15.8 Å². The maximum Gasteiger partial charge on any atom is 0.223 e. The summed E-state index contributed by atoms with van der Waals surface area (Å²) in [7, 11) is 0. The maximum absolute atomic E-state index is 11.6. The molecule has 4 nitrogen and oxygen atoms in total. The predicted molar refractivity (Wildman–Crippen MR) is 77.1 cm³/mol. The first-order chi connectivity index (χ1) is 9.25. The summed E-state index contributed by atoms with van der Waals surface area (Å²) in [6.45, 7) is 0.888. The van der Waals surface area contributed by atoms with Crippen molar-refractivity contribution in [2.45, 2.75) is 13.0 Å². The van der Waals surface area contributed by atoms with Crippen LogP contribution in [0.1, 0.15) is 12.0 Å². The van der Waals surface area contributed by atoms with E-state index in [-0.39, 0.29) is 5.91 Å². The van der Waals surface area contributed by atoms with Crippen molar-refractivity contribution < 1.29 is 9.53 Å². The minimum absolute atomic E-state index is 0.0271. The molecule has 0 radical (unpaired) electrons. The van der Waals surface area contributed by atoms with Crippen LogP contribution in [0.5, 0.6) is 5.75 Å². The summed E-state index contributed by atoms with van der Waals surface area (Å²) in [4.78, 5) is 11.6. The molecule has 1 amide bonds. The fraction of sp³-hybridized carbons (Fsp3) is 0.214. The normalized spacial score (nSPS) is 10.1. The van der Waals surface area contributed by atoms with E-state index in [4.69, 9.17) is 10.5 Å².